The molecule has 23 heavy (non-hydrogen) atoms. The van der Waals surface area contributed by atoms with Crippen LogP contribution in [0.2, 0.25) is 10.0 Å². The van der Waals surface area contributed by atoms with E-state index in [4.69, 9.17) is 29.8 Å². The highest BCUT2D eigenvalue weighted by Crippen LogP contribution is 2.39. The summed E-state index contributed by atoms with van der Waals surface area (Å²) >= 11 is 12.3. The number of benzene rings is 2. The standard InChI is InChI=1S/C16H7Cl2F3N2/c1-22-9-2-3-10(12(17)6-9)11-4-8-5-15(16(19,20)21)23-14(8)7-13(11)18/h2-7,23H. The Hall–Kier alpha value is -2.16. The summed E-state index contributed by atoms with van der Waals surface area (Å²) in [6.45, 7) is 6.96. The zero-order chi connectivity index (χ0) is 16.8. The lowest BCUT2D eigenvalue weighted by Gasteiger charge is -2.08. The van der Waals surface area contributed by atoms with Crippen molar-refractivity contribution in [2.24, 2.45) is 0 Å². The minimum absolute atomic E-state index is 0.269. The van der Waals surface area contributed by atoms with Crippen molar-refractivity contribution in [2.75, 3.05) is 0 Å². The Kier molecular flexibility index (Phi) is 3.75. The van der Waals surface area contributed by atoms with Gasteiger partial charge in [-0.25, -0.2) is 4.85 Å². The highest BCUT2D eigenvalue weighted by atomic mass is 35.5. The van der Waals surface area contributed by atoms with Gasteiger partial charge in [0.2, 0.25) is 0 Å². The molecule has 0 saturated heterocycles. The Balaban J connectivity index is 2.19. The summed E-state index contributed by atoms with van der Waals surface area (Å²) in [5.41, 5.74) is 0.890. The van der Waals surface area contributed by atoms with Crippen molar-refractivity contribution < 1.29 is 13.2 Å². The summed E-state index contributed by atoms with van der Waals surface area (Å²) < 4.78 is 38.4. The van der Waals surface area contributed by atoms with E-state index in [1.807, 2.05) is 0 Å². The minimum Gasteiger partial charge on any atom is -0.351 e. The van der Waals surface area contributed by atoms with Gasteiger partial charge in [-0.1, -0.05) is 35.3 Å². The Morgan fingerprint density at radius 3 is 2.26 bits per heavy atom. The van der Waals surface area contributed by atoms with E-state index in [2.05, 4.69) is 9.83 Å². The minimum atomic E-state index is -4.46. The van der Waals surface area contributed by atoms with Gasteiger partial charge in [-0.15, -0.1) is 0 Å². The molecule has 0 spiro atoms. The maximum atomic E-state index is 12.8. The maximum Gasteiger partial charge on any atom is 0.431 e. The number of nitrogens with one attached hydrogen (secondary N) is 1. The van der Waals surface area contributed by atoms with Crippen LogP contribution in [0.5, 0.6) is 0 Å². The molecule has 7 heteroatoms. The molecule has 0 unspecified atom stereocenters. The Labute approximate surface area is 139 Å². The van der Waals surface area contributed by atoms with Crippen LogP contribution in [0.3, 0.4) is 0 Å². The summed E-state index contributed by atoms with van der Waals surface area (Å²) in [6.07, 6.45) is -4.46. The molecule has 0 aliphatic carbocycles. The van der Waals surface area contributed by atoms with Gasteiger partial charge in [-0.3, -0.25) is 0 Å². The highest BCUT2D eigenvalue weighted by molar-refractivity contribution is 6.37. The van der Waals surface area contributed by atoms with Crippen LogP contribution in [-0.4, -0.2) is 4.98 Å². The zero-order valence-corrected chi connectivity index (χ0v) is 12.8. The highest BCUT2D eigenvalue weighted by Gasteiger charge is 2.32. The monoisotopic (exact) mass is 354 g/mol. The molecular weight excluding hydrogens is 348 g/mol. The molecule has 3 rings (SSSR count). The Morgan fingerprint density at radius 1 is 0.957 bits per heavy atom. The fourth-order valence-electron chi connectivity index (χ4n) is 2.31. The summed E-state index contributed by atoms with van der Waals surface area (Å²) in [7, 11) is 0. The average Bonchev–Trinajstić information content (AvgIpc) is 2.89. The molecule has 0 atom stereocenters. The second kappa shape index (κ2) is 5.48. The van der Waals surface area contributed by atoms with E-state index < -0.39 is 11.9 Å². The normalized spacial score (nSPS) is 11.7. The van der Waals surface area contributed by atoms with Crippen LogP contribution in [-0.2, 0) is 6.18 Å². The number of alkyl halides is 3. The molecule has 1 heterocycles. The fraction of sp³-hybridized carbons (Fsp3) is 0.0625. The first kappa shape index (κ1) is 15.7. The zero-order valence-electron chi connectivity index (χ0n) is 11.3. The van der Waals surface area contributed by atoms with E-state index in [0.717, 1.165) is 6.07 Å². The molecule has 0 saturated carbocycles. The van der Waals surface area contributed by atoms with Crippen molar-refractivity contribution in [3.05, 3.63) is 63.6 Å². The fourth-order valence-corrected chi connectivity index (χ4v) is 2.85. The molecule has 0 fully saturated rings. The lowest BCUT2D eigenvalue weighted by Crippen LogP contribution is -2.04. The second-order valence-electron chi connectivity index (χ2n) is 4.88. The molecule has 2 nitrogen and oxygen atoms in total. The van der Waals surface area contributed by atoms with E-state index in [0.29, 0.717) is 32.7 Å². The predicted octanol–water partition coefficient (Wildman–Crippen LogP) is 6.71. The third-order valence-corrected chi connectivity index (χ3v) is 4.01. The van der Waals surface area contributed by atoms with Gasteiger partial charge in [0.15, 0.2) is 5.69 Å². The number of nitrogens with zero attached hydrogens (tertiary/aromatic N) is 1. The van der Waals surface area contributed by atoms with E-state index in [-0.39, 0.29) is 5.02 Å². The molecule has 0 radical (unpaired) electrons. The Bertz CT molecular complexity index is 952. The van der Waals surface area contributed by atoms with Crippen molar-refractivity contribution >= 4 is 39.8 Å². The van der Waals surface area contributed by atoms with Gasteiger partial charge in [-0.05, 0) is 29.8 Å². The third kappa shape index (κ3) is 2.88. The van der Waals surface area contributed by atoms with Crippen LogP contribution in [0.25, 0.3) is 26.9 Å². The van der Waals surface area contributed by atoms with Gasteiger partial charge in [0.1, 0.15) is 5.69 Å². The maximum absolute atomic E-state index is 12.8. The van der Waals surface area contributed by atoms with Crippen LogP contribution in [0.4, 0.5) is 18.9 Å². The van der Waals surface area contributed by atoms with Crippen LogP contribution < -0.4 is 0 Å². The van der Waals surface area contributed by atoms with Crippen LogP contribution in [0.15, 0.2) is 36.4 Å². The first-order chi connectivity index (χ1) is 10.8. The number of rotatable bonds is 1. The third-order valence-electron chi connectivity index (χ3n) is 3.39. The smallest absolute Gasteiger partial charge is 0.351 e. The van der Waals surface area contributed by atoms with E-state index in [1.165, 1.54) is 12.1 Å². The van der Waals surface area contributed by atoms with E-state index >= 15 is 0 Å². The molecule has 1 N–H and O–H groups in total. The molecular formula is C16H7Cl2F3N2. The summed E-state index contributed by atoms with van der Waals surface area (Å²) in [5, 5.41) is 0.957. The number of aromatic nitrogens is 1. The number of H-pyrrole nitrogens is 1. The second-order valence-corrected chi connectivity index (χ2v) is 5.69. The predicted molar refractivity (Wildman–Crippen MR) is 85.0 cm³/mol. The molecule has 3 aromatic rings. The number of fused-ring (bicyclic) bond motifs is 1. The van der Waals surface area contributed by atoms with Crippen molar-refractivity contribution in [3.8, 4) is 11.1 Å². The van der Waals surface area contributed by atoms with Crippen LogP contribution in [0, 0.1) is 6.57 Å². The average molecular weight is 355 g/mol. The van der Waals surface area contributed by atoms with Gasteiger partial charge in [0.05, 0.1) is 11.6 Å². The summed E-state index contributed by atoms with van der Waals surface area (Å²) in [6, 6.07) is 8.69. The molecule has 1 aromatic heterocycles. The van der Waals surface area contributed by atoms with Crippen LogP contribution in [0.1, 0.15) is 5.69 Å². The van der Waals surface area contributed by atoms with Crippen molar-refractivity contribution in [1.29, 1.82) is 0 Å². The van der Waals surface area contributed by atoms with Crippen molar-refractivity contribution in [3.63, 3.8) is 0 Å². The number of hydrogen-bond donors (Lipinski definition) is 1. The largest absolute Gasteiger partial charge is 0.431 e. The number of aromatic amines is 1. The van der Waals surface area contributed by atoms with Crippen LogP contribution >= 0.6 is 23.2 Å². The first-order valence-electron chi connectivity index (χ1n) is 6.36. The van der Waals surface area contributed by atoms with Gasteiger partial charge in [0.25, 0.3) is 0 Å². The topological polar surface area (TPSA) is 20.1 Å². The number of halogens is 5. The molecule has 116 valence electrons. The lowest BCUT2D eigenvalue weighted by atomic mass is 10.0. The molecule has 0 aliphatic rings. The van der Waals surface area contributed by atoms with E-state index in [1.54, 1.807) is 18.2 Å². The number of hydrogen-bond acceptors (Lipinski definition) is 0. The Morgan fingerprint density at radius 2 is 1.65 bits per heavy atom. The van der Waals surface area contributed by atoms with Crippen molar-refractivity contribution in [2.45, 2.75) is 6.18 Å². The molecule has 0 bridgehead atoms. The SMILES string of the molecule is [C-]#[N+]c1ccc(-c2cc3cc(C(F)(F)F)[nH]c3cc2Cl)c(Cl)c1. The van der Waals surface area contributed by atoms with Gasteiger partial charge in [0, 0.05) is 21.5 Å². The van der Waals surface area contributed by atoms with Gasteiger partial charge < -0.3 is 4.98 Å². The first-order valence-corrected chi connectivity index (χ1v) is 7.12. The summed E-state index contributed by atoms with van der Waals surface area (Å²) in [4.78, 5) is 5.58. The summed E-state index contributed by atoms with van der Waals surface area (Å²) in [5.74, 6) is 0. The lowest BCUT2D eigenvalue weighted by molar-refractivity contribution is -0.140. The van der Waals surface area contributed by atoms with Gasteiger partial charge in [-0.2, -0.15) is 13.2 Å². The quantitative estimate of drug-likeness (QED) is 0.468. The molecule has 0 amide bonds. The van der Waals surface area contributed by atoms with Crippen molar-refractivity contribution in [1.82, 2.24) is 4.98 Å². The van der Waals surface area contributed by atoms with E-state index in [9.17, 15) is 13.2 Å². The molecule has 2 aromatic carbocycles. The molecule has 0 aliphatic heterocycles. The van der Waals surface area contributed by atoms with Gasteiger partial charge >= 0.3 is 6.18 Å².